The van der Waals surface area contributed by atoms with Gasteiger partial charge in [-0.3, -0.25) is 9.69 Å². The second-order valence-corrected chi connectivity index (χ2v) is 3.94. The van der Waals surface area contributed by atoms with E-state index in [0.29, 0.717) is 5.88 Å². The van der Waals surface area contributed by atoms with E-state index in [1.807, 2.05) is 6.07 Å². The lowest BCUT2D eigenvalue weighted by Gasteiger charge is -2.35. The van der Waals surface area contributed by atoms with Crippen LogP contribution >= 0.6 is 0 Å². The van der Waals surface area contributed by atoms with Crippen molar-refractivity contribution in [1.29, 1.82) is 5.26 Å². The van der Waals surface area contributed by atoms with Gasteiger partial charge < -0.3 is 9.15 Å². The molecule has 0 N–H and O–H groups in total. The van der Waals surface area contributed by atoms with E-state index in [-0.39, 0.29) is 19.1 Å². The summed E-state index contributed by atoms with van der Waals surface area (Å²) >= 11 is 0. The quantitative estimate of drug-likeness (QED) is 0.748. The van der Waals surface area contributed by atoms with Gasteiger partial charge in [-0.1, -0.05) is 0 Å². The number of hydrogen-bond acceptors (Lipinski definition) is 4. The molecule has 0 saturated carbocycles. The number of anilines is 1. The van der Waals surface area contributed by atoms with Gasteiger partial charge >= 0.3 is 0 Å². The Morgan fingerprint density at radius 1 is 1.56 bits per heavy atom. The van der Waals surface area contributed by atoms with Crippen molar-refractivity contribution in [3.05, 3.63) is 17.9 Å². The van der Waals surface area contributed by atoms with E-state index in [1.54, 1.807) is 26.1 Å². The summed E-state index contributed by atoms with van der Waals surface area (Å²) in [5.74, 6) is 0.894. The Kier molecular flexibility index (Phi) is 2.44. The SMILES string of the molecule is Cc1ccc(N(C)C(=O)C2(C#N)COC2)o1. The third-order valence-electron chi connectivity index (χ3n) is 2.68. The van der Waals surface area contributed by atoms with E-state index < -0.39 is 5.41 Å². The molecule has 5 heteroatoms. The van der Waals surface area contributed by atoms with Crippen molar-refractivity contribution in [1.82, 2.24) is 0 Å². The van der Waals surface area contributed by atoms with Crippen LogP contribution in [-0.4, -0.2) is 26.2 Å². The van der Waals surface area contributed by atoms with E-state index in [4.69, 9.17) is 14.4 Å². The standard InChI is InChI=1S/C11H12N2O3/c1-8-3-4-9(16-8)13(2)10(14)11(5-12)6-15-7-11/h3-4H,6-7H2,1-2H3. The number of amides is 1. The van der Waals surface area contributed by atoms with Crippen molar-refractivity contribution in [3.8, 4) is 6.07 Å². The van der Waals surface area contributed by atoms with Crippen molar-refractivity contribution in [2.75, 3.05) is 25.2 Å². The summed E-state index contributed by atoms with van der Waals surface area (Å²) in [4.78, 5) is 13.4. The molecule has 1 aromatic rings. The first-order chi connectivity index (χ1) is 7.59. The minimum atomic E-state index is -1.03. The molecule has 1 amide bonds. The maximum Gasteiger partial charge on any atom is 0.254 e. The van der Waals surface area contributed by atoms with Crippen LogP contribution in [0.25, 0.3) is 0 Å². The second-order valence-electron chi connectivity index (χ2n) is 3.94. The Hall–Kier alpha value is -1.80. The van der Waals surface area contributed by atoms with Gasteiger partial charge in [0.05, 0.1) is 19.3 Å². The first-order valence-electron chi connectivity index (χ1n) is 4.93. The van der Waals surface area contributed by atoms with Gasteiger partial charge in [-0.05, 0) is 13.0 Å². The summed E-state index contributed by atoms with van der Waals surface area (Å²) in [5, 5.41) is 9.00. The molecule has 0 unspecified atom stereocenters. The van der Waals surface area contributed by atoms with Crippen molar-refractivity contribution in [2.24, 2.45) is 5.41 Å². The van der Waals surface area contributed by atoms with Crippen molar-refractivity contribution < 1.29 is 13.9 Å². The molecule has 2 rings (SSSR count). The highest BCUT2D eigenvalue weighted by molar-refractivity contribution is 5.98. The van der Waals surface area contributed by atoms with Crippen LogP contribution in [0.2, 0.25) is 0 Å². The van der Waals surface area contributed by atoms with Crippen LogP contribution in [0.3, 0.4) is 0 Å². The van der Waals surface area contributed by atoms with E-state index >= 15 is 0 Å². The van der Waals surface area contributed by atoms with Crippen LogP contribution in [0.5, 0.6) is 0 Å². The monoisotopic (exact) mass is 220 g/mol. The Morgan fingerprint density at radius 3 is 2.62 bits per heavy atom. The smallest absolute Gasteiger partial charge is 0.254 e. The lowest BCUT2D eigenvalue weighted by atomic mass is 9.86. The van der Waals surface area contributed by atoms with Crippen LogP contribution < -0.4 is 4.90 Å². The van der Waals surface area contributed by atoms with Crippen molar-refractivity contribution in [3.63, 3.8) is 0 Å². The average molecular weight is 220 g/mol. The molecular formula is C11H12N2O3. The van der Waals surface area contributed by atoms with Crippen molar-refractivity contribution in [2.45, 2.75) is 6.92 Å². The van der Waals surface area contributed by atoms with Gasteiger partial charge in [0.25, 0.3) is 5.91 Å². The zero-order valence-corrected chi connectivity index (χ0v) is 9.19. The third-order valence-corrected chi connectivity index (χ3v) is 2.68. The van der Waals surface area contributed by atoms with Gasteiger partial charge in [0.15, 0.2) is 5.41 Å². The zero-order valence-electron chi connectivity index (χ0n) is 9.19. The molecule has 1 saturated heterocycles. The van der Waals surface area contributed by atoms with Gasteiger partial charge in [0.1, 0.15) is 5.76 Å². The summed E-state index contributed by atoms with van der Waals surface area (Å²) in [6.07, 6.45) is 0. The number of aryl methyl sites for hydroxylation is 1. The predicted octanol–water partition coefficient (Wildman–Crippen LogP) is 1.09. The second kappa shape index (κ2) is 3.65. The molecule has 0 spiro atoms. The molecule has 0 aromatic carbocycles. The predicted molar refractivity (Wildman–Crippen MR) is 55.7 cm³/mol. The number of carbonyl (C=O) groups is 1. The van der Waals surface area contributed by atoms with E-state index in [1.165, 1.54) is 4.90 Å². The van der Waals surface area contributed by atoms with E-state index in [2.05, 4.69) is 0 Å². The fourth-order valence-electron chi connectivity index (χ4n) is 1.57. The number of furan rings is 1. The lowest BCUT2D eigenvalue weighted by molar-refractivity contribution is -0.147. The molecule has 16 heavy (non-hydrogen) atoms. The van der Waals surface area contributed by atoms with Crippen LogP contribution in [0, 0.1) is 23.7 Å². The minimum absolute atomic E-state index is 0.159. The summed E-state index contributed by atoms with van der Waals surface area (Å²) in [5.41, 5.74) is -1.03. The number of nitrogens with zero attached hydrogens (tertiary/aromatic N) is 2. The first kappa shape index (κ1) is 10.7. The highest BCUT2D eigenvalue weighted by Crippen LogP contribution is 2.31. The number of rotatable bonds is 2. The number of hydrogen-bond donors (Lipinski definition) is 0. The van der Waals surface area contributed by atoms with E-state index in [0.717, 1.165) is 5.76 Å². The fraction of sp³-hybridized carbons (Fsp3) is 0.455. The molecule has 5 nitrogen and oxygen atoms in total. The van der Waals surface area contributed by atoms with Crippen LogP contribution in [0.4, 0.5) is 5.88 Å². The van der Waals surface area contributed by atoms with Crippen LogP contribution in [0.15, 0.2) is 16.5 Å². The third kappa shape index (κ3) is 1.48. The first-order valence-corrected chi connectivity index (χ1v) is 4.93. The van der Waals surface area contributed by atoms with Crippen molar-refractivity contribution >= 4 is 11.8 Å². The number of ether oxygens (including phenoxy) is 1. The molecule has 0 atom stereocenters. The molecule has 0 radical (unpaired) electrons. The highest BCUT2D eigenvalue weighted by Gasteiger charge is 2.48. The molecule has 1 aromatic heterocycles. The number of carbonyl (C=O) groups excluding carboxylic acids is 1. The van der Waals surface area contributed by atoms with Crippen LogP contribution in [-0.2, 0) is 9.53 Å². The maximum atomic E-state index is 12.1. The van der Waals surface area contributed by atoms with Gasteiger partial charge in [-0.25, -0.2) is 0 Å². The van der Waals surface area contributed by atoms with E-state index in [9.17, 15) is 4.79 Å². The van der Waals surface area contributed by atoms with Gasteiger partial charge in [-0.15, -0.1) is 0 Å². The van der Waals surface area contributed by atoms with Crippen LogP contribution in [0.1, 0.15) is 5.76 Å². The molecule has 1 aliphatic rings. The molecule has 2 heterocycles. The molecular weight excluding hydrogens is 208 g/mol. The largest absolute Gasteiger partial charge is 0.445 e. The van der Waals surface area contributed by atoms with Gasteiger partial charge in [0, 0.05) is 13.1 Å². The summed E-state index contributed by atoms with van der Waals surface area (Å²) in [6, 6.07) is 5.49. The maximum absolute atomic E-state index is 12.1. The average Bonchev–Trinajstić information content (AvgIpc) is 2.63. The lowest BCUT2D eigenvalue weighted by Crippen LogP contribution is -2.53. The molecule has 0 bridgehead atoms. The highest BCUT2D eigenvalue weighted by atomic mass is 16.5. The Labute approximate surface area is 93.2 Å². The van der Waals surface area contributed by atoms with Gasteiger partial charge in [-0.2, -0.15) is 5.26 Å². The number of nitriles is 1. The zero-order chi connectivity index (χ0) is 11.8. The fourth-order valence-corrected chi connectivity index (χ4v) is 1.57. The molecule has 1 aliphatic heterocycles. The normalized spacial score (nSPS) is 17.3. The molecule has 1 fully saturated rings. The topological polar surface area (TPSA) is 66.5 Å². The summed E-state index contributed by atoms with van der Waals surface area (Å²) < 4.78 is 10.3. The summed E-state index contributed by atoms with van der Waals surface area (Å²) in [7, 11) is 1.60. The Bertz CT molecular complexity index is 454. The molecule has 84 valence electrons. The Morgan fingerprint density at radius 2 is 2.25 bits per heavy atom. The summed E-state index contributed by atoms with van der Waals surface area (Å²) in [6.45, 7) is 2.12. The minimum Gasteiger partial charge on any atom is -0.445 e. The van der Waals surface area contributed by atoms with Gasteiger partial charge in [0.2, 0.25) is 5.88 Å². The molecule has 0 aliphatic carbocycles. The Balaban J connectivity index is 2.20.